The molecule has 4 aromatic rings. The highest BCUT2D eigenvalue weighted by Crippen LogP contribution is 2.34. The number of hydrogen-bond acceptors (Lipinski definition) is 8. The van der Waals surface area contributed by atoms with Gasteiger partial charge in [-0.3, -0.25) is 19.4 Å². The van der Waals surface area contributed by atoms with Crippen molar-refractivity contribution in [2.24, 2.45) is 0 Å². The monoisotopic (exact) mass is 972 g/mol. The molecule has 0 aliphatic carbocycles. The summed E-state index contributed by atoms with van der Waals surface area (Å²) in [6.45, 7) is 11.5. The number of ether oxygens (including phenoxy) is 2. The number of likely N-dealkylation sites (tertiary alicyclic amines) is 2. The summed E-state index contributed by atoms with van der Waals surface area (Å²) in [6, 6.07) is 25.2. The highest BCUT2D eigenvalue weighted by Gasteiger charge is 2.30. The van der Waals surface area contributed by atoms with E-state index in [1.54, 1.807) is 0 Å². The second kappa shape index (κ2) is 23.2. The summed E-state index contributed by atoms with van der Waals surface area (Å²) in [6.07, 6.45) is 6.15. The van der Waals surface area contributed by atoms with Crippen LogP contribution in [0.15, 0.2) is 81.7 Å². The lowest BCUT2D eigenvalue weighted by Gasteiger charge is -2.34. The van der Waals surface area contributed by atoms with Crippen molar-refractivity contribution in [3.05, 3.63) is 115 Å². The maximum absolute atomic E-state index is 13.1. The zero-order valence-corrected chi connectivity index (χ0v) is 40.7. The van der Waals surface area contributed by atoms with Crippen molar-refractivity contribution < 1.29 is 19.1 Å². The van der Waals surface area contributed by atoms with Crippen LogP contribution in [0.1, 0.15) is 71.9 Å². The molecule has 2 N–H and O–H groups in total. The normalized spacial score (nSPS) is 17.3. The van der Waals surface area contributed by atoms with E-state index in [0.717, 1.165) is 120 Å². The lowest BCUT2D eigenvalue weighted by Crippen LogP contribution is -2.49. The third-order valence-corrected chi connectivity index (χ3v) is 13.5. The minimum atomic E-state index is -0.0998. The van der Waals surface area contributed by atoms with Crippen LogP contribution in [0.25, 0.3) is 11.1 Å². The lowest BCUT2D eigenvalue weighted by molar-refractivity contribution is -0.128. The van der Waals surface area contributed by atoms with Gasteiger partial charge in [0.1, 0.15) is 24.7 Å². The number of likely N-dealkylation sites (N-methyl/N-ethyl adjacent to an activating group) is 2. The molecule has 2 saturated heterocycles. The molecule has 4 aromatic carbocycles. The van der Waals surface area contributed by atoms with Crippen LogP contribution in [-0.2, 0) is 35.9 Å². The van der Waals surface area contributed by atoms with Gasteiger partial charge in [-0.1, -0.05) is 61.4 Å². The molecule has 0 bridgehead atoms. The van der Waals surface area contributed by atoms with Gasteiger partial charge in [0.2, 0.25) is 11.8 Å². The quantitative estimate of drug-likeness (QED) is 0.0966. The summed E-state index contributed by atoms with van der Waals surface area (Å²) in [4.78, 5) is 35.0. The third kappa shape index (κ3) is 13.1. The van der Waals surface area contributed by atoms with Gasteiger partial charge in [0.15, 0.2) is 0 Å². The first kappa shape index (κ1) is 47.7. The number of piperidine rings is 2. The molecule has 334 valence electrons. The van der Waals surface area contributed by atoms with E-state index in [-0.39, 0.29) is 23.9 Å². The van der Waals surface area contributed by atoms with Crippen molar-refractivity contribution >= 4 is 43.7 Å². The van der Waals surface area contributed by atoms with Crippen LogP contribution in [0.2, 0.25) is 0 Å². The fourth-order valence-corrected chi connectivity index (χ4v) is 9.64. The number of hydrogen-bond donors (Lipinski definition) is 2. The summed E-state index contributed by atoms with van der Waals surface area (Å²) in [5, 5.41) is 6.28. The largest absolute Gasteiger partial charge is 0.488 e. The van der Waals surface area contributed by atoms with E-state index >= 15 is 0 Å². The van der Waals surface area contributed by atoms with Crippen LogP contribution in [0.5, 0.6) is 11.5 Å². The van der Waals surface area contributed by atoms with Gasteiger partial charge in [-0.2, -0.15) is 0 Å². The molecule has 2 amide bonds. The highest BCUT2D eigenvalue weighted by atomic mass is 79.9. The van der Waals surface area contributed by atoms with Crippen LogP contribution in [0.3, 0.4) is 0 Å². The van der Waals surface area contributed by atoms with E-state index in [2.05, 4.69) is 137 Å². The van der Waals surface area contributed by atoms with Gasteiger partial charge in [-0.05, 0) is 181 Å². The summed E-state index contributed by atoms with van der Waals surface area (Å²) in [5.41, 5.74) is 9.27. The zero-order chi connectivity index (χ0) is 44.2. The minimum Gasteiger partial charge on any atom is -0.488 e. The molecule has 2 aliphatic rings. The Hall–Kier alpha value is -3.78. The fraction of sp³-hybridized carbons (Fsp3) is 0.480. The van der Waals surface area contributed by atoms with E-state index < -0.39 is 0 Å². The molecule has 2 heterocycles. The van der Waals surface area contributed by atoms with Crippen molar-refractivity contribution in [1.29, 1.82) is 0 Å². The average molecular weight is 975 g/mol. The Bertz CT molecular complexity index is 1980. The Balaban J connectivity index is 1.05. The number of rotatable bonds is 19. The predicted molar refractivity (Wildman–Crippen MR) is 258 cm³/mol. The zero-order valence-electron chi connectivity index (χ0n) is 37.6. The second-order valence-electron chi connectivity index (χ2n) is 17.4. The molecule has 0 aromatic heterocycles. The number of benzene rings is 4. The molecule has 0 saturated carbocycles. The van der Waals surface area contributed by atoms with E-state index in [1.165, 1.54) is 22.3 Å². The molecule has 0 spiro atoms. The molecular weight excluding hydrogens is 908 g/mol. The topological polar surface area (TPSA) is 89.6 Å². The Kier molecular flexibility index (Phi) is 17.9. The first-order valence-corrected chi connectivity index (χ1v) is 23.8. The SMILES string of the molecule is Cc1c(COc2ccc(CN3CCCC[C@H]3C(=O)NCCN(C)C)cc2Br)cccc1-c1cccc(COc2ccc(CN3CCCC[C@H]3C(=O)NCCN(C)C)cc2Br)c1C. The van der Waals surface area contributed by atoms with Crippen LogP contribution in [0.4, 0.5) is 0 Å². The van der Waals surface area contributed by atoms with Crippen molar-refractivity contribution in [2.75, 3.05) is 67.5 Å². The number of halogens is 2. The molecule has 12 heteroatoms. The van der Waals surface area contributed by atoms with Gasteiger partial charge in [0.25, 0.3) is 0 Å². The molecule has 62 heavy (non-hydrogen) atoms. The van der Waals surface area contributed by atoms with Crippen molar-refractivity contribution in [3.8, 4) is 22.6 Å². The van der Waals surface area contributed by atoms with Gasteiger partial charge in [0.05, 0.1) is 21.0 Å². The van der Waals surface area contributed by atoms with Crippen LogP contribution < -0.4 is 20.1 Å². The summed E-state index contributed by atoms with van der Waals surface area (Å²) in [5.74, 6) is 1.84. The Morgan fingerprint density at radius 2 is 1.05 bits per heavy atom. The third-order valence-electron chi connectivity index (χ3n) is 12.3. The molecule has 10 nitrogen and oxygen atoms in total. The smallest absolute Gasteiger partial charge is 0.237 e. The first-order valence-electron chi connectivity index (χ1n) is 22.2. The van der Waals surface area contributed by atoms with Crippen LogP contribution >= 0.6 is 31.9 Å². The molecular formula is C50H66Br2N6O4. The van der Waals surface area contributed by atoms with Crippen LogP contribution in [0, 0.1) is 13.8 Å². The van der Waals surface area contributed by atoms with Gasteiger partial charge in [-0.25, -0.2) is 0 Å². The molecule has 2 atom stereocenters. The first-order chi connectivity index (χ1) is 29.9. The molecule has 0 radical (unpaired) electrons. The second-order valence-corrected chi connectivity index (χ2v) is 19.1. The number of amides is 2. The molecule has 2 aliphatic heterocycles. The van der Waals surface area contributed by atoms with E-state index in [9.17, 15) is 9.59 Å². The number of carbonyl (C=O) groups is 2. The van der Waals surface area contributed by atoms with E-state index in [0.29, 0.717) is 26.3 Å². The maximum atomic E-state index is 13.1. The number of nitrogens with one attached hydrogen (secondary N) is 2. The Morgan fingerprint density at radius 1 is 0.629 bits per heavy atom. The predicted octanol–water partition coefficient (Wildman–Crippen LogP) is 8.72. The summed E-state index contributed by atoms with van der Waals surface area (Å²) in [7, 11) is 8.08. The van der Waals surface area contributed by atoms with Crippen molar-refractivity contribution in [3.63, 3.8) is 0 Å². The van der Waals surface area contributed by atoms with Gasteiger partial charge < -0.3 is 29.9 Å². The Labute approximate surface area is 387 Å². The van der Waals surface area contributed by atoms with Gasteiger partial charge >= 0.3 is 0 Å². The highest BCUT2D eigenvalue weighted by molar-refractivity contribution is 9.11. The van der Waals surface area contributed by atoms with Gasteiger partial charge in [-0.15, -0.1) is 0 Å². The lowest BCUT2D eigenvalue weighted by atomic mass is 9.92. The summed E-state index contributed by atoms with van der Waals surface area (Å²) < 4.78 is 14.7. The van der Waals surface area contributed by atoms with Gasteiger partial charge in [0, 0.05) is 39.3 Å². The van der Waals surface area contributed by atoms with Crippen molar-refractivity contribution in [1.82, 2.24) is 30.2 Å². The molecule has 6 rings (SSSR count). The van der Waals surface area contributed by atoms with E-state index in [1.807, 2.05) is 40.3 Å². The minimum absolute atomic E-state index is 0.0998. The van der Waals surface area contributed by atoms with Crippen LogP contribution in [-0.4, -0.2) is 111 Å². The molecule has 0 unspecified atom stereocenters. The van der Waals surface area contributed by atoms with E-state index in [4.69, 9.17) is 9.47 Å². The number of nitrogens with zero attached hydrogens (tertiary/aromatic N) is 4. The van der Waals surface area contributed by atoms with Crippen molar-refractivity contribution in [2.45, 2.75) is 90.8 Å². The Morgan fingerprint density at radius 3 is 1.44 bits per heavy atom. The maximum Gasteiger partial charge on any atom is 0.237 e. The molecule has 2 fully saturated rings. The number of carbonyl (C=O) groups excluding carboxylic acids is 2. The fourth-order valence-electron chi connectivity index (χ4n) is 8.56. The summed E-state index contributed by atoms with van der Waals surface area (Å²) >= 11 is 7.56. The average Bonchev–Trinajstić information content (AvgIpc) is 3.24. The standard InChI is InChI=1S/C50H66Br2N6O4/c1-35-39(33-61-47-21-19-37(29-43(47)51)31-57-25-9-7-17-45(57)49(59)53-23-27-55(3)4)13-11-15-41(35)42-16-12-14-40(36(42)2)34-62-48-22-20-38(30-44(48)52)32-58-26-10-8-18-46(58)50(60)54-24-28-56(5)6/h11-16,19-22,29-30,45-46H,7-10,17-18,23-28,31-34H2,1-6H3,(H,53,59)(H,54,60)/t45-,46-/m0/s1.